The quantitative estimate of drug-likeness (QED) is 0.702. The summed E-state index contributed by atoms with van der Waals surface area (Å²) in [7, 11) is 1.71. The van der Waals surface area contributed by atoms with Gasteiger partial charge in [0, 0.05) is 18.1 Å². The predicted octanol–water partition coefficient (Wildman–Crippen LogP) is 3.09. The first-order chi connectivity index (χ1) is 5.74. The van der Waals surface area contributed by atoms with Crippen LogP contribution in [0.3, 0.4) is 0 Å². The first kappa shape index (κ1) is 9.56. The molecule has 0 bridgehead atoms. The van der Waals surface area contributed by atoms with E-state index < -0.39 is 0 Å². The van der Waals surface area contributed by atoms with Crippen molar-refractivity contribution in [2.24, 2.45) is 0 Å². The van der Waals surface area contributed by atoms with Crippen LogP contribution in [-0.2, 0) is 4.74 Å². The second-order valence-corrected chi connectivity index (χ2v) is 3.35. The highest BCUT2D eigenvalue weighted by Gasteiger charge is 2.04. The number of ether oxygens (including phenoxy) is 1. The SMILES string of the molecule is COCC(C)c1cccc(Cl)c1. The normalized spacial score (nSPS) is 12.9. The Morgan fingerprint density at radius 1 is 1.50 bits per heavy atom. The lowest BCUT2D eigenvalue weighted by Gasteiger charge is -2.10. The Kier molecular flexibility index (Phi) is 3.57. The van der Waals surface area contributed by atoms with Crippen molar-refractivity contribution in [3.05, 3.63) is 34.9 Å². The highest BCUT2D eigenvalue weighted by molar-refractivity contribution is 6.30. The van der Waals surface area contributed by atoms with Crippen LogP contribution in [0.15, 0.2) is 24.3 Å². The second-order valence-electron chi connectivity index (χ2n) is 2.91. The minimum Gasteiger partial charge on any atom is -0.384 e. The molecular weight excluding hydrogens is 172 g/mol. The molecule has 1 nitrogen and oxygen atoms in total. The van der Waals surface area contributed by atoms with E-state index in [0.29, 0.717) is 5.92 Å². The van der Waals surface area contributed by atoms with Gasteiger partial charge in [-0.25, -0.2) is 0 Å². The molecule has 0 aromatic heterocycles. The van der Waals surface area contributed by atoms with Crippen molar-refractivity contribution in [2.45, 2.75) is 12.8 Å². The van der Waals surface area contributed by atoms with E-state index >= 15 is 0 Å². The molecule has 0 amide bonds. The Morgan fingerprint density at radius 3 is 2.83 bits per heavy atom. The van der Waals surface area contributed by atoms with Gasteiger partial charge in [-0.05, 0) is 17.7 Å². The third kappa shape index (κ3) is 2.50. The lowest BCUT2D eigenvalue weighted by Crippen LogP contribution is -2.01. The maximum Gasteiger partial charge on any atom is 0.0528 e. The molecule has 2 heteroatoms. The van der Waals surface area contributed by atoms with E-state index in [0.717, 1.165) is 11.6 Å². The average Bonchev–Trinajstić information content (AvgIpc) is 2.05. The Hall–Kier alpha value is -0.530. The summed E-state index contributed by atoms with van der Waals surface area (Å²) in [6.45, 7) is 2.86. The summed E-state index contributed by atoms with van der Waals surface area (Å²) in [5.41, 5.74) is 1.23. The van der Waals surface area contributed by atoms with E-state index in [1.54, 1.807) is 7.11 Å². The van der Waals surface area contributed by atoms with Gasteiger partial charge in [-0.3, -0.25) is 0 Å². The van der Waals surface area contributed by atoms with Gasteiger partial charge in [0.25, 0.3) is 0 Å². The molecule has 0 spiro atoms. The molecule has 1 aromatic carbocycles. The summed E-state index contributed by atoms with van der Waals surface area (Å²) in [6, 6.07) is 7.88. The second kappa shape index (κ2) is 4.48. The lowest BCUT2D eigenvalue weighted by atomic mass is 10.0. The summed E-state index contributed by atoms with van der Waals surface area (Å²) in [6.07, 6.45) is 0. The van der Waals surface area contributed by atoms with Gasteiger partial charge in [0.15, 0.2) is 0 Å². The molecule has 0 aliphatic rings. The molecule has 0 fully saturated rings. The van der Waals surface area contributed by atoms with E-state index in [-0.39, 0.29) is 0 Å². The van der Waals surface area contributed by atoms with Crippen LogP contribution in [0.4, 0.5) is 0 Å². The zero-order valence-electron chi connectivity index (χ0n) is 7.38. The summed E-state index contributed by atoms with van der Waals surface area (Å²) in [4.78, 5) is 0. The van der Waals surface area contributed by atoms with Gasteiger partial charge in [-0.1, -0.05) is 30.7 Å². The van der Waals surface area contributed by atoms with Crippen molar-refractivity contribution >= 4 is 11.6 Å². The van der Waals surface area contributed by atoms with Gasteiger partial charge < -0.3 is 4.74 Å². The topological polar surface area (TPSA) is 9.23 Å². The molecule has 0 aliphatic carbocycles. The predicted molar refractivity (Wildman–Crippen MR) is 51.7 cm³/mol. The van der Waals surface area contributed by atoms with E-state index in [4.69, 9.17) is 16.3 Å². The van der Waals surface area contributed by atoms with Crippen LogP contribution in [0.5, 0.6) is 0 Å². The highest BCUT2D eigenvalue weighted by atomic mass is 35.5. The fraction of sp³-hybridized carbons (Fsp3) is 0.400. The Balaban J connectivity index is 2.73. The van der Waals surface area contributed by atoms with Gasteiger partial charge in [-0.2, -0.15) is 0 Å². The van der Waals surface area contributed by atoms with E-state index in [1.165, 1.54) is 5.56 Å². The van der Waals surface area contributed by atoms with Gasteiger partial charge >= 0.3 is 0 Å². The summed E-state index contributed by atoms with van der Waals surface area (Å²) < 4.78 is 5.05. The molecule has 0 saturated carbocycles. The number of benzene rings is 1. The molecule has 66 valence electrons. The third-order valence-corrected chi connectivity index (χ3v) is 2.07. The number of halogens is 1. The smallest absolute Gasteiger partial charge is 0.0528 e. The number of rotatable bonds is 3. The van der Waals surface area contributed by atoms with Crippen molar-refractivity contribution < 1.29 is 4.74 Å². The van der Waals surface area contributed by atoms with Crippen molar-refractivity contribution in [2.75, 3.05) is 13.7 Å². The minimum absolute atomic E-state index is 0.411. The van der Waals surface area contributed by atoms with Crippen LogP contribution in [0.1, 0.15) is 18.4 Å². The fourth-order valence-electron chi connectivity index (χ4n) is 1.16. The van der Waals surface area contributed by atoms with Gasteiger partial charge in [-0.15, -0.1) is 0 Å². The Morgan fingerprint density at radius 2 is 2.25 bits per heavy atom. The van der Waals surface area contributed by atoms with Crippen LogP contribution < -0.4 is 0 Å². The first-order valence-electron chi connectivity index (χ1n) is 3.98. The van der Waals surface area contributed by atoms with Crippen LogP contribution in [0.25, 0.3) is 0 Å². The maximum absolute atomic E-state index is 5.85. The Labute approximate surface area is 78.3 Å². The molecule has 1 aromatic rings. The third-order valence-electron chi connectivity index (χ3n) is 1.83. The average molecular weight is 185 g/mol. The fourth-order valence-corrected chi connectivity index (χ4v) is 1.36. The lowest BCUT2D eigenvalue weighted by molar-refractivity contribution is 0.184. The van der Waals surface area contributed by atoms with Crippen molar-refractivity contribution in [1.82, 2.24) is 0 Å². The van der Waals surface area contributed by atoms with E-state index in [9.17, 15) is 0 Å². The largest absolute Gasteiger partial charge is 0.384 e. The van der Waals surface area contributed by atoms with Crippen molar-refractivity contribution in [1.29, 1.82) is 0 Å². The molecule has 0 radical (unpaired) electrons. The molecule has 1 rings (SSSR count). The minimum atomic E-state index is 0.411. The van der Waals surface area contributed by atoms with Crippen molar-refractivity contribution in [3.63, 3.8) is 0 Å². The molecular formula is C10H13ClO. The van der Waals surface area contributed by atoms with Crippen LogP contribution in [-0.4, -0.2) is 13.7 Å². The molecule has 0 aliphatic heterocycles. The molecule has 1 atom stereocenters. The van der Waals surface area contributed by atoms with E-state index in [2.05, 4.69) is 13.0 Å². The van der Waals surface area contributed by atoms with Crippen LogP contribution in [0, 0.1) is 0 Å². The standard InChI is InChI=1S/C10H13ClO/c1-8(7-12-2)9-4-3-5-10(11)6-9/h3-6,8H,7H2,1-2H3. The van der Waals surface area contributed by atoms with Gasteiger partial charge in [0.2, 0.25) is 0 Å². The zero-order chi connectivity index (χ0) is 8.97. The molecule has 0 saturated heterocycles. The highest BCUT2D eigenvalue weighted by Crippen LogP contribution is 2.18. The first-order valence-corrected chi connectivity index (χ1v) is 4.36. The summed E-state index contributed by atoms with van der Waals surface area (Å²) in [5, 5.41) is 0.787. The van der Waals surface area contributed by atoms with Crippen molar-refractivity contribution in [3.8, 4) is 0 Å². The number of hydrogen-bond acceptors (Lipinski definition) is 1. The molecule has 0 N–H and O–H groups in total. The van der Waals surface area contributed by atoms with Crippen LogP contribution >= 0.6 is 11.6 Å². The van der Waals surface area contributed by atoms with Gasteiger partial charge in [0.1, 0.15) is 0 Å². The summed E-state index contributed by atoms with van der Waals surface area (Å²) >= 11 is 5.85. The summed E-state index contributed by atoms with van der Waals surface area (Å²) in [5.74, 6) is 0.411. The monoisotopic (exact) mass is 184 g/mol. The molecule has 12 heavy (non-hydrogen) atoms. The molecule has 1 unspecified atom stereocenters. The Bertz CT molecular complexity index is 247. The zero-order valence-corrected chi connectivity index (χ0v) is 8.14. The maximum atomic E-state index is 5.85. The van der Waals surface area contributed by atoms with Crippen LogP contribution in [0.2, 0.25) is 5.02 Å². The number of methoxy groups -OCH3 is 1. The van der Waals surface area contributed by atoms with E-state index in [1.807, 2.05) is 18.2 Å². The van der Waals surface area contributed by atoms with Gasteiger partial charge in [0.05, 0.1) is 6.61 Å². The number of hydrogen-bond donors (Lipinski definition) is 0. The molecule has 0 heterocycles.